The predicted octanol–water partition coefficient (Wildman–Crippen LogP) is 3.09. The lowest BCUT2D eigenvalue weighted by Crippen LogP contribution is -2.10. The van der Waals surface area contributed by atoms with Crippen molar-refractivity contribution in [2.45, 2.75) is 23.7 Å². The van der Waals surface area contributed by atoms with Crippen LogP contribution in [0.3, 0.4) is 0 Å². The van der Waals surface area contributed by atoms with E-state index in [0.29, 0.717) is 6.29 Å². The molecule has 0 spiro atoms. The van der Waals surface area contributed by atoms with Gasteiger partial charge in [0.1, 0.15) is 12.4 Å². The van der Waals surface area contributed by atoms with Crippen LogP contribution in [-0.2, 0) is 16.0 Å². The zero-order valence-electron chi connectivity index (χ0n) is 10.9. The fourth-order valence-corrected chi connectivity index (χ4v) is 2.33. The summed E-state index contributed by atoms with van der Waals surface area (Å²) in [5.74, 6) is -0.681. The van der Waals surface area contributed by atoms with Gasteiger partial charge in [-0.15, -0.1) is 0 Å². The van der Waals surface area contributed by atoms with Crippen LogP contribution in [0.5, 0.6) is 0 Å². The van der Waals surface area contributed by atoms with Crippen LogP contribution in [0.15, 0.2) is 17.0 Å². The topological polar surface area (TPSA) is 67.2 Å². The number of alkyl halides is 3. The Kier molecular flexibility index (Phi) is 5.79. The molecule has 1 aromatic carbocycles. The molecule has 0 saturated carbocycles. The Bertz CT molecular complexity index is 594. The molecule has 1 rings (SSSR count). The van der Waals surface area contributed by atoms with E-state index < -0.39 is 28.1 Å². The third-order valence-electron chi connectivity index (χ3n) is 2.32. The maximum atomic E-state index is 12.5. The molecular weight excluding hydrogens is 307 g/mol. The van der Waals surface area contributed by atoms with Gasteiger partial charge in [0.25, 0.3) is 0 Å². The molecule has 21 heavy (non-hydrogen) atoms. The van der Waals surface area contributed by atoms with Crippen LogP contribution in [0.4, 0.5) is 13.2 Å². The number of carbonyl (C=O) groups excluding carboxylic acids is 2. The summed E-state index contributed by atoms with van der Waals surface area (Å²) < 4.78 is 42.1. The average Bonchev–Trinajstić information content (AvgIpc) is 2.36. The maximum absolute atomic E-state index is 12.5. The first-order valence-electron chi connectivity index (χ1n) is 5.74. The minimum absolute atomic E-state index is 0.0345. The van der Waals surface area contributed by atoms with Gasteiger partial charge in [-0.1, -0.05) is 0 Å². The molecule has 0 saturated heterocycles. The smallest absolute Gasteiger partial charge is 0.446 e. The van der Waals surface area contributed by atoms with E-state index in [2.05, 4.69) is 0 Å². The molecule has 4 nitrogen and oxygen atoms in total. The number of hydrogen-bond acceptors (Lipinski definition) is 5. The first-order chi connectivity index (χ1) is 9.80. The van der Waals surface area contributed by atoms with Crippen LogP contribution in [0.1, 0.15) is 28.4 Å². The molecule has 0 fully saturated rings. The molecule has 0 aliphatic rings. The fraction of sp³-hybridized carbons (Fsp3) is 0.308. The van der Waals surface area contributed by atoms with Gasteiger partial charge < -0.3 is 4.74 Å². The minimum atomic E-state index is -4.60. The number of nitriles is 1. The van der Waals surface area contributed by atoms with Crippen LogP contribution in [0.2, 0.25) is 0 Å². The zero-order valence-corrected chi connectivity index (χ0v) is 11.7. The van der Waals surface area contributed by atoms with Crippen molar-refractivity contribution in [2.75, 3.05) is 6.61 Å². The highest BCUT2D eigenvalue weighted by molar-refractivity contribution is 8.00. The highest BCUT2D eigenvalue weighted by atomic mass is 32.2. The predicted molar refractivity (Wildman–Crippen MR) is 68.8 cm³/mol. The average molecular weight is 317 g/mol. The summed E-state index contributed by atoms with van der Waals surface area (Å²) in [5.41, 5.74) is -4.89. The second kappa shape index (κ2) is 7.13. The van der Waals surface area contributed by atoms with Crippen molar-refractivity contribution in [1.82, 2.24) is 0 Å². The molecule has 1 aromatic rings. The number of rotatable bonds is 5. The molecule has 0 atom stereocenters. The summed E-state index contributed by atoms with van der Waals surface area (Å²) in [5, 5.41) is 9.03. The van der Waals surface area contributed by atoms with Crippen LogP contribution in [0.25, 0.3) is 0 Å². The third-order valence-corrected chi connectivity index (χ3v) is 3.09. The maximum Gasteiger partial charge on any atom is 0.446 e. The summed E-state index contributed by atoms with van der Waals surface area (Å²) in [6, 6.07) is 3.82. The molecule has 0 aliphatic carbocycles. The lowest BCUT2D eigenvalue weighted by atomic mass is 10.0. The van der Waals surface area contributed by atoms with E-state index in [9.17, 15) is 22.8 Å². The van der Waals surface area contributed by atoms with Crippen molar-refractivity contribution in [3.8, 4) is 6.07 Å². The monoisotopic (exact) mass is 317 g/mol. The molecule has 0 heterocycles. The number of nitrogens with zero attached hydrogens (tertiary/aromatic N) is 1. The first-order valence-corrected chi connectivity index (χ1v) is 6.56. The molecule has 0 N–H and O–H groups in total. The Labute approximate surface area is 122 Å². The highest BCUT2D eigenvalue weighted by Crippen LogP contribution is 2.39. The van der Waals surface area contributed by atoms with Crippen LogP contribution < -0.4 is 0 Å². The van der Waals surface area contributed by atoms with Crippen molar-refractivity contribution in [3.05, 3.63) is 28.8 Å². The van der Waals surface area contributed by atoms with E-state index in [4.69, 9.17) is 10.00 Å². The van der Waals surface area contributed by atoms with E-state index in [-0.39, 0.29) is 29.7 Å². The molecule has 0 amide bonds. The van der Waals surface area contributed by atoms with Crippen molar-refractivity contribution >= 4 is 24.0 Å². The quantitative estimate of drug-likeness (QED) is 0.474. The SMILES string of the molecule is CCOC(=O)Cc1cc(C=O)cc(SC(F)(F)F)c1C#N. The molecule has 0 aromatic heterocycles. The van der Waals surface area contributed by atoms with Crippen molar-refractivity contribution < 1.29 is 27.5 Å². The number of ether oxygens (including phenoxy) is 1. The molecule has 0 unspecified atom stereocenters. The van der Waals surface area contributed by atoms with Crippen molar-refractivity contribution in [3.63, 3.8) is 0 Å². The Balaban J connectivity index is 3.28. The van der Waals surface area contributed by atoms with Crippen LogP contribution in [0, 0.1) is 11.3 Å². The molecular formula is C13H10F3NO3S. The number of carbonyl (C=O) groups is 2. The number of hydrogen-bond donors (Lipinski definition) is 0. The molecule has 112 valence electrons. The van der Waals surface area contributed by atoms with Crippen LogP contribution in [-0.4, -0.2) is 24.4 Å². The van der Waals surface area contributed by atoms with Gasteiger partial charge in [0.05, 0.1) is 18.6 Å². The summed E-state index contributed by atoms with van der Waals surface area (Å²) in [6.45, 7) is 1.69. The number of thioether (sulfide) groups is 1. The van der Waals surface area contributed by atoms with Crippen molar-refractivity contribution in [1.29, 1.82) is 5.26 Å². The third kappa shape index (κ3) is 5.11. The Morgan fingerprint density at radius 2 is 2.14 bits per heavy atom. The number of halogens is 3. The Morgan fingerprint density at radius 3 is 2.62 bits per heavy atom. The normalized spacial score (nSPS) is 10.8. The Morgan fingerprint density at radius 1 is 1.48 bits per heavy atom. The summed E-state index contributed by atoms with van der Waals surface area (Å²) in [4.78, 5) is 21.8. The lowest BCUT2D eigenvalue weighted by molar-refractivity contribution is -0.142. The summed E-state index contributed by atoms with van der Waals surface area (Å²) in [6.07, 6.45) is -0.0138. The molecule has 8 heteroatoms. The van der Waals surface area contributed by atoms with Gasteiger partial charge in [0.2, 0.25) is 0 Å². The number of aldehydes is 1. The zero-order chi connectivity index (χ0) is 16.0. The van der Waals surface area contributed by atoms with Gasteiger partial charge in [0, 0.05) is 10.5 Å². The van der Waals surface area contributed by atoms with Gasteiger partial charge in [0.15, 0.2) is 0 Å². The molecule has 0 radical (unpaired) electrons. The van der Waals surface area contributed by atoms with Gasteiger partial charge in [-0.25, -0.2) is 0 Å². The summed E-state index contributed by atoms with van der Waals surface area (Å²) >= 11 is -0.497. The van der Waals surface area contributed by atoms with E-state index in [1.165, 1.54) is 6.07 Å². The van der Waals surface area contributed by atoms with E-state index in [1.54, 1.807) is 13.0 Å². The first kappa shape index (κ1) is 17.0. The van der Waals surface area contributed by atoms with Crippen LogP contribution >= 0.6 is 11.8 Å². The standard InChI is InChI=1S/C13H10F3NO3S/c1-2-20-12(19)5-9-3-8(7-18)4-11(10(9)6-17)21-13(14,15)16/h3-4,7H,2,5H2,1H3. The highest BCUT2D eigenvalue weighted by Gasteiger charge is 2.31. The second-order valence-corrected chi connectivity index (χ2v) is 4.92. The number of benzene rings is 1. The van der Waals surface area contributed by atoms with Gasteiger partial charge >= 0.3 is 11.5 Å². The van der Waals surface area contributed by atoms with E-state index in [1.807, 2.05) is 0 Å². The fourth-order valence-electron chi connectivity index (χ4n) is 1.60. The largest absolute Gasteiger partial charge is 0.466 e. The molecule has 0 aliphatic heterocycles. The Hall–Kier alpha value is -2.01. The van der Waals surface area contributed by atoms with E-state index in [0.717, 1.165) is 6.07 Å². The second-order valence-electron chi connectivity index (χ2n) is 3.81. The lowest BCUT2D eigenvalue weighted by Gasteiger charge is -2.11. The van der Waals surface area contributed by atoms with Gasteiger partial charge in [-0.05, 0) is 36.4 Å². The van der Waals surface area contributed by atoms with E-state index >= 15 is 0 Å². The minimum Gasteiger partial charge on any atom is -0.466 e. The number of esters is 1. The van der Waals surface area contributed by atoms with Gasteiger partial charge in [-0.2, -0.15) is 18.4 Å². The molecule has 0 bridgehead atoms. The summed E-state index contributed by atoms with van der Waals surface area (Å²) in [7, 11) is 0. The van der Waals surface area contributed by atoms with Crippen molar-refractivity contribution in [2.24, 2.45) is 0 Å². The van der Waals surface area contributed by atoms with Gasteiger partial charge in [-0.3, -0.25) is 9.59 Å².